The summed E-state index contributed by atoms with van der Waals surface area (Å²) in [7, 11) is 0. The Balaban J connectivity index is 3.94. The van der Waals surface area contributed by atoms with E-state index in [0.717, 1.165) is 0 Å². The van der Waals surface area contributed by atoms with E-state index in [-0.39, 0.29) is 6.61 Å². The fourth-order valence-electron chi connectivity index (χ4n) is 1.56. The number of aliphatic hydroxyl groups excluding tert-OH is 5. The second-order valence-electron chi connectivity index (χ2n) is 4.12. The summed E-state index contributed by atoms with van der Waals surface area (Å²) in [6.07, 6.45) is -2.20. The summed E-state index contributed by atoms with van der Waals surface area (Å²) in [4.78, 5) is 0. The molecule has 0 amide bonds. The molecule has 0 saturated heterocycles. The second kappa shape index (κ2) is 8.90. The van der Waals surface area contributed by atoms with Crippen LogP contribution in [0.15, 0.2) is 0 Å². The highest BCUT2D eigenvalue weighted by molar-refractivity contribution is 4.80. The average molecular weight is 236 g/mol. The third-order valence-electron chi connectivity index (χ3n) is 2.63. The van der Waals surface area contributed by atoms with Crippen molar-refractivity contribution in [2.24, 2.45) is 0 Å². The Morgan fingerprint density at radius 3 is 1.75 bits per heavy atom. The minimum absolute atomic E-state index is 0.0455. The highest BCUT2D eigenvalue weighted by atomic mass is 16.4. The van der Waals surface area contributed by atoms with Gasteiger partial charge in [0.1, 0.15) is 12.2 Å². The van der Waals surface area contributed by atoms with Gasteiger partial charge in [0.05, 0.1) is 12.2 Å². The average Bonchev–Trinajstić information content (AvgIpc) is 2.27. The molecular formula is C11H24O5. The van der Waals surface area contributed by atoms with E-state index in [9.17, 15) is 20.4 Å². The third-order valence-corrected chi connectivity index (χ3v) is 2.63. The van der Waals surface area contributed by atoms with Crippen LogP contribution in [-0.2, 0) is 0 Å². The quantitative estimate of drug-likeness (QED) is 0.344. The van der Waals surface area contributed by atoms with Gasteiger partial charge in [-0.05, 0) is 25.7 Å². The zero-order valence-electron chi connectivity index (χ0n) is 9.79. The SMILES string of the molecule is CCC[C@H](O)[C@H](O)[C@H](O)[C@@H](O)CCCCO. The molecule has 0 aliphatic rings. The molecule has 0 aromatic rings. The smallest absolute Gasteiger partial charge is 0.108 e. The van der Waals surface area contributed by atoms with Gasteiger partial charge < -0.3 is 25.5 Å². The molecule has 0 radical (unpaired) electrons. The Morgan fingerprint density at radius 2 is 1.31 bits per heavy atom. The molecule has 5 nitrogen and oxygen atoms in total. The molecule has 0 saturated carbocycles. The summed E-state index contributed by atoms with van der Waals surface area (Å²) in [5.41, 5.74) is 0. The molecule has 0 bridgehead atoms. The number of hydrogen-bond donors (Lipinski definition) is 5. The van der Waals surface area contributed by atoms with E-state index in [1.165, 1.54) is 0 Å². The van der Waals surface area contributed by atoms with Crippen molar-refractivity contribution in [2.45, 2.75) is 63.4 Å². The molecule has 0 spiro atoms. The lowest BCUT2D eigenvalue weighted by atomic mass is 9.97. The fourth-order valence-corrected chi connectivity index (χ4v) is 1.56. The molecule has 5 heteroatoms. The molecule has 16 heavy (non-hydrogen) atoms. The van der Waals surface area contributed by atoms with Crippen molar-refractivity contribution >= 4 is 0 Å². The van der Waals surface area contributed by atoms with Crippen LogP contribution in [0.4, 0.5) is 0 Å². The molecule has 0 unspecified atom stereocenters. The van der Waals surface area contributed by atoms with Crippen LogP contribution in [0, 0.1) is 0 Å². The third kappa shape index (κ3) is 5.77. The normalized spacial score (nSPS) is 19.1. The molecule has 0 heterocycles. The van der Waals surface area contributed by atoms with Gasteiger partial charge in [-0.1, -0.05) is 13.3 Å². The Morgan fingerprint density at radius 1 is 0.812 bits per heavy atom. The van der Waals surface area contributed by atoms with Crippen molar-refractivity contribution in [3.63, 3.8) is 0 Å². The van der Waals surface area contributed by atoms with E-state index >= 15 is 0 Å². The molecule has 0 rings (SSSR count). The van der Waals surface area contributed by atoms with Crippen LogP contribution in [0.5, 0.6) is 0 Å². The monoisotopic (exact) mass is 236 g/mol. The molecule has 0 aromatic heterocycles. The van der Waals surface area contributed by atoms with Gasteiger partial charge in [-0.3, -0.25) is 0 Å². The zero-order chi connectivity index (χ0) is 12.6. The summed E-state index contributed by atoms with van der Waals surface area (Å²) in [5.74, 6) is 0. The van der Waals surface area contributed by atoms with E-state index < -0.39 is 24.4 Å². The van der Waals surface area contributed by atoms with Crippen molar-refractivity contribution in [1.82, 2.24) is 0 Å². The van der Waals surface area contributed by atoms with Crippen molar-refractivity contribution in [3.8, 4) is 0 Å². The lowest BCUT2D eigenvalue weighted by molar-refractivity contribution is -0.108. The van der Waals surface area contributed by atoms with Crippen LogP contribution >= 0.6 is 0 Å². The van der Waals surface area contributed by atoms with Gasteiger partial charge in [0.15, 0.2) is 0 Å². The molecule has 0 fully saturated rings. The van der Waals surface area contributed by atoms with E-state index in [1.807, 2.05) is 6.92 Å². The number of aliphatic hydroxyl groups is 5. The maximum atomic E-state index is 9.56. The minimum Gasteiger partial charge on any atom is -0.396 e. The summed E-state index contributed by atoms with van der Waals surface area (Å²) in [6, 6.07) is 0. The van der Waals surface area contributed by atoms with Crippen LogP contribution in [0.1, 0.15) is 39.0 Å². The highest BCUT2D eigenvalue weighted by Gasteiger charge is 2.29. The predicted molar refractivity (Wildman–Crippen MR) is 59.9 cm³/mol. The number of rotatable bonds is 9. The first-order valence-electron chi connectivity index (χ1n) is 5.87. The maximum Gasteiger partial charge on any atom is 0.108 e. The zero-order valence-corrected chi connectivity index (χ0v) is 9.79. The van der Waals surface area contributed by atoms with Crippen LogP contribution in [-0.4, -0.2) is 56.6 Å². The van der Waals surface area contributed by atoms with Gasteiger partial charge in [-0.25, -0.2) is 0 Å². The van der Waals surface area contributed by atoms with Crippen molar-refractivity contribution in [1.29, 1.82) is 0 Å². The molecular weight excluding hydrogens is 212 g/mol. The molecule has 0 aliphatic carbocycles. The molecule has 5 N–H and O–H groups in total. The van der Waals surface area contributed by atoms with Crippen LogP contribution in [0.2, 0.25) is 0 Å². The summed E-state index contributed by atoms with van der Waals surface area (Å²) in [5, 5.41) is 46.6. The Bertz CT molecular complexity index is 164. The van der Waals surface area contributed by atoms with Crippen molar-refractivity contribution in [3.05, 3.63) is 0 Å². The van der Waals surface area contributed by atoms with Crippen molar-refractivity contribution in [2.75, 3.05) is 6.61 Å². The van der Waals surface area contributed by atoms with E-state index in [0.29, 0.717) is 32.1 Å². The summed E-state index contributed by atoms with van der Waals surface area (Å²) in [6.45, 7) is 1.91. The standard InChI is InChI=1S/C11H24O5/c1-2-5-8(13)10(15)11(16)9(14)6-3-4-7-12/h8-16H,2-7H2,1H3/t8-,9-,10-,11+/m0/s1. The Hall–Kier alpha value is -0.200. The minimum atomic E-state index is -1.33. The first-order chi connectivity index (χ1) is 7.54. The van der Waals surface area contributed by atoms with Crippen LogP contribution in [0.3, 0.4) is 0 Å². The molecule has 4 atom stereocenters. The molecule has 98 valence electrons. The van der Waals surface area contributed by atoms with Gasteiger partial charge in [0, 0.05) is 6.61 Å². The largest absolute Gasteiger partial charge is 0.396 e. The van der Waals surface area contributed by atoms with Crippen LogP contribution < -0.4 is 0 Å². The summed E-state index contributed by atoms with van der Waals surface area (Å²) >= 11 is 0. The van der Waals surface area contributed by atoms with E-state index in [1.54, 1.807) is 0 Å². The second-order valence-corrected chi connectivity index (χ2v) is 4.12. The van der Waals surface area contributed by atoms with Gasteiger partial charge in [0.2, 0.25) is 0 Å². The van der Waals surface area contributed by atoms with E-state index in [2.05, 4.69) is 0 Å². The van der Waals surface area contributed by atoms with Gasteiger partial charge in [0.25, 0.3) is 0 Å². The van der Waals surface area contributed by atoms with Gasteiger partial charge >= 0.3 is 0 Å². The lowest BCUT2D eigenvalue weighted by Gasteiger charge is -2.26. The highest BCUT2D eigenvalue weighted by Crippen LogP contribution is 2.13. The number of hydrogen-bond acceptors (Lipinski definition) is 5. The summed E-state index contributed by atoms with van der Waals surface area (Å²) < 4.78 is 0. The first kappa shape index (κ1) is 15.8. The van der Waals surface area contributed by atoms with Gasteiger partial charge in [-0.15, -0.1) is 0 Å². The van der Waals surface area contributed by atoms with E-state index in [4.69, 9.17) is 5.11 Å². The van der Waals surface area contributed by atoms with Gasteiger partial charge in [-0.2, -0.15) is 0 Å². The topological polar surface area (TPSA) is 101 Å². The Kier molecular flexibility index (Phi) is 8.78. The molecule has 0 aromatic carbocycles. The maximum absolute atomic E-state index is 9.56. The lowest BCUT2D eigenvalue weighted by Crippen LogP contribution is -2.44. The predicted octanol–water partition coefficient (Wildman–Crippen LogP) is -0.607. The first-order valence-corrected chi connectivity index (χ1v) is 5.87. The van der Waals surface area contributed by atoms with Crippen LogP contribution in [0.25, 0.3) is 0 Å². The fraction of sp³-hybridized carbons (Fsp3) is 1.00. The van der Waals surface area contributed by atoms with Crippen molar-refractivity contribution < 1.29 is 25.5 Å². The molecule has 0 aliphatic heterocycles. The number of unbranched alkanes of at least 4 members (excludes halogenated alkanes) is 1. The Labute approximate surface area is 96.4 Å².